The molecule has 16 heavy (non-hydrogen) atoms. The van der Waals surface area contributed by atoms with Gasteiger partial charge in [0.25, 0.3) is 0 Å². The van der Waals surface area contributed by atoms with Crippen LogP contribution < -0.4 is 4.74 Å². The number of aromatic carboxylic acids is 1. The number of hydrogen-bond donors (Lipinski definition) is 1. The largest absolute Gasteiger partial charge is 0.494 e. The Morgan fingerprint density at radius 1 is 1.56 bits per heavy atom. The van der Waals surface area contributed by atoms with Gasteiger partial charge < -0.3 is 14.3 Å². The summed E-state index contributed by atoms with van der Waals surface area (Å²) in [6.07, 6.45) is 0.608. The van der Waals surface area contributed by atoms with E-state index in [1.807, 2.05) is 6.92 Å². The Bertz CT molecular complexity index is 544. The molecule has 0 aliphatic rings. The van der Waals surface area contributed by atoms with Crippen molar-refractivity contribution in [3.63, 3.8) is 0 Å². The maximum Gasteiger partial charge on any atom is 0.339 e. The lowest BCUT2D eigenvalue weighted by Crippen LogP contribution is -1.97. The van der Waals surface area contributed by atoms with E-state index in [-0.39, 0.29) is 11.1 Å². The summed E-state index contributed by atoms with van der Waals surface area (Å²) < 4.78 is 10.5. The van der Waals surface area contributed by atoms with Crippen LogP contribution in [0, 0.1) is 0 Å². The minimum atomic E-state index is -1.04. The number of oxazole rings is 1. The number of aryl methyl sites for hydroxylation is 1. The van der Waals surface area contributed by atoms with E-state index in [4.69, 9.17) is 14.3 Å². The molecule has 0 atom stereocenters. The van der Waals surface area contributed by atoms with E-state index in [1.54, 1.807) is 6.07 Å². The number of aromatic nitrogens is 1. The van der Waals surface area contributed by atoms with Crippen LogP contribution in [0.5, 0.6) is 5.75 Å². The Balaban J connectivity index is 2.77. The number of rotatable bonds is 3. The van der Waals surface area contributed by atoms with Gasteiger partial charge in [0, 0.05) is 6.42 Å². The first kappa shape index (κ1) is 10.5. The van der Waals surface area contributed by atoms with Crippen LogP contribution >= 0.6 is 0 Å². The average molecular weight is 221 g/mol. The Kier molecular flexibility index (Phi) is 2.52. The van der Waals surface area contributed by atoms with Gasteiger partial charge >= 0.3 is 5.97 Å². The number of hydrogen-bond acceptors (Lipinski definition) is 4. The van der Waals surface area contributed by atoms with E-state index in [0.29, 0.717) is 23.6 Å². The van der Waals surface area contributed by atoms with Crippen LogP contribution in [-0.4, -0.2) is 23.2 Å². The molecule has 0 saturated carbocycles. The number of methoxy groups -OCH3 is 1. The maximum absolute atomic E-state index is 11.0. The smallest absolute Gasteiger partial charge is 0.339 e. The van der Waals surface area contributed by atoms with Crippen LogP contribution in [0.25, 0.3) is 11.1 Å². The molecule has 2 rings (SSSR count). The van der Waals surface area contributed by atoms with Crippen LogP contribution in [0.1, 0.15) is 23.2 Å². The molecule has 0 aliphatic heterocycles. The third kappa shape index (κ3) is 1.50. The molecule has 1 aromatic carbocycles. The van der Waals surface area contributed by atoms with Crippen molar-refractivity contribution in [3.8, 4) is 5.75 Å². The monoisotopic (exact) mass is 221 g/mol. The Labute approximate surface area is 91.7 Å². The van der Waals surface area contributed by atoms with Gasteiger partial charge in [0.05, 0.1) is 7.11 Å². The van der Waals surface area contributed by atoms with E-state index >= 15 is 0 Å². The minimum absolute atomic E-state index is 0.100. The number of carboxylic acid groups (broad SMARTS) is 1. The van der Waals surface area contributed by atoms with Crippen molar-refractivity contribution in [1.29, 1.82) is 0 Å². The molecule has 5 nitrogen and oxygen atoms in total. The zero-order valence-corrected chi connectivity index (χ0v) is 8.98. The number of ether oxygens (including phenoxy) is 1. The third-order valence-electron chi connectivity index (χ3n) is 2.30. The molecule has 0 saturated heterocycles. The topological polar surface area (TPSA) is 72.6 Å². The lowest BCUT2D eigenvalue weighted by Gasteiger charge is -2.00. The highest BCUT2D eigenvalue weighted by Crippen LogP contribution is 2.28. The van der Waals surface area contributed by atoms with Gasteiger partial charge in [-0.05, 0) is 12.1 Å². The van der Waals surface area contributed by atoms with Crippen molar-refractivity contribution in [2.75, 3.05) is 7.11 Å². The molecule has 0 spiro atoms. The van der Waals surface area contributed by atoms with Gasteiger partial charge in [-0.3, -0.25) is 0 Å². The normalized spacial score (nSPS) is 10.6. The second-order valence-corrected chi connectivity index (χ2v) is 3.26. The van der Waals surface area contributed by atoms with Crippen LogP contribution in [-0.2, 0) is 6.42 Å². The lowest BCUT2D eigenvalue weighted by molar-refractivity contribution is 0.0698. The first-order valence-electron chi connectivity index (χ1n) is 4.87. The second kappa shape index (κ2) is 3.84. The number of fused-ring (bicyclic) bond motifs is 1. The van der Waals surface area contributed by atoms with E-state index in [1.165, 1.54) is 13.2 Å². The first-order valence-corrected chi connectivity index (χ1v) is 4.87. The van der Waals surface area contributed by atoms with Gasteiger partial charge in [0.1, 0.15) is 11.3 Å². The highest BCUT2D eigenvalue weighted by molar-refractivity contribution is 6.01. The van der Waals surface area contributed by atoms with Gasteiger partial charge in [-0.15, -0.1) is 0 Å². The van der Waals surface area contributed by atoms with Crippen molar-refractivity contribution >= 4 is 17.1 Å². The standard InChI is InChI=1S/C11H11NO4/c1-3-8-12-9-7(15-2)5-4-6(11(13)14)10(9)16-8/h4-5H,3H2,1-2H3,(H,13,14). The molecule has 1 heterocycles. The number of carbonyl (C=O) groups is 1. The summed E-state index contributed by atoms with van der Waals surface area (Å²) in [5, 5.41) is 9.00. The summed E-state index contributed by atoms with van der Waals surface area (Å²) in [6.45, 7) is 1.89. The fourth-order valence-corrected chi connectivity index (χ4v) is 1.51. The molecule has 5 heteroatoms. The summed E-state index contributed by atoms with van der Waals surface area (Å²) in [7, 11) is 1.51. The molecule has 1 aromatic heterocycles. The van der Waals surface area contributed by atoms with E-state index < -0.39 is 5.97 Å². The Morgan fingerprint density at radius 2 is 2.31 bits per heavy atom. The Hall–Kier alpha value is -2.04. The van der Waals surface area contributed by atoms with E-state index in [9.17, 15) is 4.79 Å². The fourth-order valence-electron chi connectivity index (χ4n) is 1.51. The molecular weight excluding hydrogens is 210 g/mol. The highest BCUT2D eigenvalue weighted by atomic mass is 16.5. The van der Waals surface area contributed by atoms with Gasteiger partial charge in [-0.2, -0.15) is 0 Å². The van der Waals surface area contributed by atoms with Crippen LogP contribution in [0.3, 0.4) is 0 Å². The molecular formula is C11H11NO4. The predicted octanol–water partition coefficient (Wildman–Crippen LogP) is 2.10. The summed E-state index contributed by atoms with van der Waals surface area (Å²) in [4.78, 5) is 15.2. The van der Waals surface area contributed by atoms with E-state index in [2.05, 4.69) is 4.98 Å². The fraction of sp³-hybridized carbons (Fsp3) is 0.273. The second-order valence-electron chi connectivity index (χ2n) is 3.26. The summed E-state index contributed by atoms with van der Waals surface area (Å²) in [5.41, 5.74) is 0.825. The molecule has 2 aromatic rings. The van der Waals surface area contributed by atoms with Crippen molar-refractivity contribution < 1.29 is 19.1 Å². The summed E-state index contributed by atoms with van der Waals surface area (Å²) >= 11 is 0. The van der Waals surface area contributed by atoms with Crippen molar-refractivity contribution in [3.05, 3.63) is 23.6 Å². The third-order valence-corrected chi connectivity index (χ3v) is 2.30. The molecule has 0 aliphatic carbocycles. The lowest BCUT2D eigenvalue weighted by atomic mass is 10.2. The number of carboxylic acids is 1. The zero-order valence-electron chi connectivity index (χ0n) is 8.98. The number of nitrogens with zero attached hydrogens (tertiary/aromatic N) is 1. The van der Waals surface area contributed by atoms with Gasteiger partial charge in [0.2, 0.25) is 0 Å². The van der Waals surface area contributed by atoms with Crippen LogP contribution in [0.15, 0.2) is 16.5 Å². The highest BCUT2D eigenvalue weighted by Gasteiger charge is 2.17. The van der Waals surface area contributed by atoms with Crippen molar-refractivity contribution in [2.24, 2.45) is 0 Å². The molecule has 0 amide bonds. The predicted molar refractivity (Wildman–Crippen MR) is 56.9 cm³/mol. The average Bonchev–Trinajstić information content (AvgIpc) is 2.70. The van der Waals surface area contributed by atoms with Gasteiger partial charge in [0.15, 0.2) is 17.0 Å². The molecule has 84 valence electrons. The maximum atomic E-state index is 11.0. The molecule has 0 fully saturated rings. The molecule has 0 bridgehead atoms. The van der Waals surface area contributed by atoms with Crippen molar-refractivity contribution in [2.45, 2.75) is 13.3 Å². The van der Waals surface area contributed by atoms with E-state index in [0.717, 1.165) is 0 Å². The minimum Gasteiger partial charge on any atom is -0.494 e. The van der Waals surface area contributed by atoms with Gasteiger partial charge in [-0.1, -0.05) is 6.92 Å². The quantitative estimate of drug-likeness (QED) is 0.859. The molecule has 0 unspecified atom stereocenters. The van der Waals surface area contributed by atoms with Crippen LogP contribution in [0.2, 0.25) is 0 Å². The number of benzene rings is 1. The summed E-state index contributed by atoms with van der Waals surface area (Å²) in [6, 6.07) is 3.03. The molecule has 1 N–H and O–H groups in total. The molecule has 0 radical (unpaired) electrons. The summed E-state index contributed by atoms with van der Waals surface area (Å²) in [5.74, 6) is -0.0168. The SMILES string of the molecule is CCc1nc2c(OC)ccc(C(=O)O)c2o1. The Morgan fingerprint density at radius 3 is 2.88 bits per heavy atom. The van der Waals surface area contributed by atoms with Crippen LogP contribution in [0.4, 0.5) is 0 Å². The van der Waals surface area contributed by atoms with Crippen molar-refractivity contribution in [1.82, 2.24) is 4.98 Å². The van der Waals surface area contributed by atoms with Gasteiger partial charge in [-0.25, -0.2) is 9.78 Å². The zero-order chi connectivity index (χ0) is 11.7. The first-order chi connectivity index (χ1) is 7.67.